The fourth-order valence-corrected chi connectivity index (χ4v) is 2.09. The first-order valence-corrected chi connectivity index (χ1v) is 8.01. The zero-order chi connectivity index (χ0) is 16.3. The highest BCUT2D eigenvalue weighted by Crippen LogP contribution is 2.19. The van der Waals surface area contributed by atoms with Crippen LogP contribution in [0.3, 0.4) is 0 Å². The van der Waals surface area contributed by atoms with E-state index in [-0.39, 0.29) is 5.91 Å². The third-order valence-electron chi connectivity index (χ3n) is 3.40. The first-order chi connectivity index (χ1) is 11.3. The minimum absolute atomic E-state index is 0.114. The Morgan fingerprint density at radius 3 is 2.61 bits per heavy atom. The highest BCUT2D eigenvalue weighted by atomic mass is 16.5. The van der Waals surface area contributed by atoms with Gasteiger partial charge in [0.15, 0.2) is 0 Å². The molecule has 2 aromatic rings. The van der Waals surface area contributed by atoms with Gasteiger partial charge in [0.1, 0.15) is 5.75 Å². The summed E-state index contributed by atoms with van der Waals surface area (Å²) >= 11 is 0. The first-order valence-electron chi connectivity index (χ1n) is 8.01. The quantitative estimate of drug-likeness (QED) is 0.586. The van der Waals surface area contributed by atoms with E-state index in [1.165, 1.54) is 0 Å². The Morgan fingerprint density at radius 2 is 1.83 bits per heavy atom. The van der Waals surface area contributed by atoms with Crippen molar-refractivity contribution in [3.8, 4) is 5.75 Å². The van der Waals surface area contributed by atoms with Gasteiger partial charge in [-0.15, -0.1) is 0 Å². The maximum Gasteiger partial charge on any atom is 0.244 e. The summed E-state index contributed by atoms with van der Waals surface area (Å²) < 4.78 is 5.76. The fraction of sp³-hybridized carbons (Fsp3) is 0.250. The summed E-state index contributed by atoms with van der Waals surface area (Å²) in [5.74, 6) is 0.699. The SMILES string of the molecule is CCCCOc1ccccc1/C=C/C(=O)NCc1ccccc1. The summed E-state index contributed by atoms with van der Waals surface area (Å²) in [6.45, 7) is 3.35. The number of hydrogen-bond acceptors (Lipinski definition) is 2. The standard InChI is InChI=1S/C20H23NO2/c1-2-3-15-23-19-12-8-7-11-18(19)13-14-20(22)21-16-17-9-5-4-6-10-17/h4-14H,2-3,15-16H2,1H3,(H,21,22)/b14-13+. The van der Waals surface area contributed by atoms with E-state index < -0.39 is 0 Å². The number of benzene rings is 2. The van der Waals surface area contributed by atoms with Crippen LogP contribution in [0.2, 0.25) is 0 Å². The molecule has 3 nitrogen and oxygen atoms in total. The van der Waals surface area contributed by atoms with Crippen LogP contribution in [0.4, 0.5) is 0 Å². The molecule has 0 atom stereocenters. The number of carbonyl (C=O) groups is 1. The molecule has 0 bridgehead atoms. The van der Waals surface area contributed by atoms with E-state index in [1.54, 1.807) is 12.2 Å². The van der Waals surface area contributed by atoms with Gasteiger partial charge in [-0.25, -0.2) is 0 Å². The van der Waals surface area contributed by atoms with Crippen molar-refractivity contribution in [1.82, 2.24) is 5.32 Å². The summed E-state index contributed by atoms with van der Waals surface area (Å²) in [5.41, 5.74) is 2.00. The van der Waals surface area contributed by atoms with Crippen molar-refractivity contribution < 1.29 is 9.53 Å². The first kappa shape index (κ1) is 16.8. The van der Waals surface area contributed by atoms with E-state index in [1.807, 2.05) is 54.6 Å². The smallest absolute Gasteiger partial charge is 0.244 e. The Morgan fingerprint density at radius 1 is 1.09 bits per heavy atom. The summed E-state index contributed by atoms with van der Waals surface area (Å²) in [6, 6.07) is 17.6. The van der Waals surface area contributed by atoms with Crippen LogP contribution in [-0.4, -0.2) is 12.5 Å². The summed E-state index contributed by atoms with van der Waals surface area (Å²) in [5, 5.41) is 2.87. The van der Waals surface area contributed by atoms with Gasteiger partial charge in [-0.05, 0) is 24.1 Å². The van der Waals surface area contributed by atoms with E-state index >= 15 is 0 Å². The molecule has 0 unspecified atom stereocenters. The van der Waals surface area contributed by atoms with Gasteiger partial charge in [0.05, 0.1) is 6.61 Å². The molecule has 2 aromatic carbocycles. The van der Waals surface area contributed by atoms with E-state index in [0.29, 0.717) is 13.2 Å². The second kappa shape index (κ2) is 9.46. The van der Waals surface area contributed by atoms with Gasteiger partial charge in [-0.1, -0.05) is 61.9 Å². The molecule has 0 saturated heterocycles. The number of unbranched alkanes of at least 4 members (excludes halogenated alkanes) is 1. The normalized spacial score (nSPS) is 10.7. The Kier molecular flexibility index (Phi) is 6.92. The Labute approximate surface area is 138 Å². The molecule has 0 aliphatic heterocycles. The van der Waals surface area contributed by atoms with Gasteiger partial charge < -0.3 is 10.1 Å². The van der Waals surface area contributed by atoms with Gasteiger partial charge in [-0.2, -0.15) is 0 Å². The zero-order valence-corrected chi connectivity index (χ0v) is 13.5. The third-order valence-corrected chi connectivity index (χ3v) is 3.40. The molecule has 0 radical (unpaired) electrons. The van der Waals surface area contributed by atoms with E-state index in [4.69, 9.17) is 4.74 Å². The Balaban J connectivity index is 1.90. The Bertz CT molecular complexity index is 635. The summed E-state index contributed by atoms with van der Waals surface area (Å²) in [7, 11) is 0. The molecular formula is C20H23NO2. The molecule has 23 heavy (non-hydrogen) atoms. The van der Waals surface area contributed by atoms with Crippen LogP contribution in [0, 0.1) is 0 Å². The van der Waals surface area contributed by atoms with Gasteiger partial charge in [0, 0.05) is 18.2 Å². The van der Waals surface area contributed by atoms with Crippen molar-refractivity contribution in [3.63, 3.8) is 0 Å². The molecule has 0 aliphatic carbocycles. The number of carbonyl (C=O) groups excluding carboxylic acids is 1. The van der Waals surface area contributed by atoms with Crippen molar-refractivity contribution in [2.75, 3.05) is 6.61 Å². The molecular weight excluding hydrogens is 286 g/mol. The van der Waals surface area contributed by atoms with E-state index in [2.05, 4.69) is 12.2 Å². The number of rotatable bonds is 8. The van der Waals surface area contributed by atoms with Gasteiger partial charge >= 0.3 is 0 Å². The number of amides is 1. The lowest BCUT2D eigenvalue weighted by atomic mass is 10.2. The average molecular weight is 309 g/mol. The predicted molar refractivity (Wildman–Crippen MR) is 94.2 cm³/mol. The molecule has 0 heterocycles. The van der Waals surface area contributed by atoms with E-state index in [9.17, 15) is 4.79 Å². The van der Waals surface area contributed by atoms with Crippen LogP contribution < -0.4 is 10.1 Å². The van der Waals surface area contributed by atoms with Gasteiger partial charge in [0.25, 0.3) is 0 Å². The minimum atomic E-state index is -0.114. The highest BCUT2D eigenvalue weighted by molar-refractivity contribution is 5.92. The minimum Gasteiger partial charge on any atom is -0.493 e. The number of ether oxygens (including phenoxy) is 1. The molecule has 0 fully saturated rings. The highest BCUT2D eigenvalue weighted by Gasteiger charge is 2.01. The monoisotopic (exact) mass is 309 g/mol. The molecule has 3 heteroatoms. The van der Waals surface area contributed by atoms with Crippen molar-refractivity contribution in [3.05, 3.63) is 71.8 Å². The van der Waals surface area contributed by atoms with E-state index in [0.717, 1.165) is 29.7 Å². The number of para-hydroxylation sites is 1. The lowest BCUT2D eigenvalue weighted by molar-refractivity contribution is -0.116. The number of nitrogens with one attached hydrogen (secondary N) is 1. The van der Waals surface area contributed by atoms with Gasteiger partial charge in [0.2, 0.25) is 5.91 Å². The van der Waals surface area contributed by atoms with Crippen molar-refractivity contribution in [1.29, 1.82) is 0 Å². The largest absolute Gasteiger partial charge is 0.493 e. The maximum atomic E-state index is 11.9. The molecule has 2 rings (SSSR count). The second-order valence-corrected chi connectivity index (χ2v) is 5.28. The maximum absolute atomic E-state index is 11.9. The second-order valence-electron chi connectivity index (χ2n) is 5.28. The summed E-state index contributed by atoms with van der Waals surface area (Å²) in [6.07, 6.45) is 5.46. The lowest BCUT2D eigenvalue weighted by Crippen LogP contribution is -2.20. The topological polar surface area (TPSA) is 38.3 Å². The molecule has 0 saturated carbocycles. The zero-order valence-electron chi connectivity index (χ0n) is 13.5. The van der Waals surface area contributed by atoms with Gasteiger partial charge in [-0.3, -0.25) is 4.79 Å². The molecule has 1 N–H and O–H groups in total. The lowest BCUT2D eigenvalue weighted by Gasteiger charge is -2.08. The van der Waals surface area contributed by atoms with Crippen molar-refractivity contribution >= 4 is 12.0 Å². The molecule has 0 aromatic heterocycles. The molecule has 1 amide bonds. The summed E-state index contributed by atoms with van der Waals surface area (Å²) in [4.78, 5) is 11.9. The van der Waals surface area contributed by atoms with Crippen LogP contribution in [0.25, 0.3) is 6.08 Å². The van der Waals surface area contributed by atoms with Crippen LogP contribution in [0.5, 0.6) is 5.75 Å². The fourth-order valence-electron chi connectivity index (χ4n) is 2.09. The van der Waals surface area contributed by atoms with Crippen molar-refractivity contribution in [2.45, 2.75) is 26.3 Å². The molecule has 0 aliphatic rings. The third kappa shape index (κ3) is 5.99. The molecule has 0 spiro atoms. The van der Waals surface area contributed by atoms with Crippen LogP contribution in [-0.2, 0) is 11.3 Å². The average Bonchev–Trinajstić information content (AvgIpc) is 2.60. The number of hydrogen-bond donors (Lipinski definition) is 1. The van der Waals surface area contributed by atoms with Crippen LogP contribution >= 0.6 is 0 Å². The van der Waals surface area contributed by atoms with Crippen LogP contribution in [0.1, 0.15) is 30.9 Å². The Hall–Kier alpha value is -2.55. The molecule has 120 valence electrons. The predicted octanol–water partition coefficient (Wildman–Crippen LogP) is 4.20. The van der Waals surface area contributed by atoms with Crippen LogP contribution in [0.15, 0.2) is 60.7 Å². The van der Waals surface area contributed by atoms with Crippen molar-refractivity contribution in [2.24, 2.45) is 0 Å².